The number of anilines is 1. The highest BCUT2D eigenvalue weighted by molar-refractivity contribution is 5.73. The lowest BCUT2D eigenvalue weighted by Crippen LogP contribution is -2.20. The van der Waals surface area contributed by atoms with Crippen LogP contribution in [0.1, 0.15) is 12.8 Å². The third-order valence-electron chi connectivity index (χ3n) is 3.39. The second-order valence-corrected chi connectivity index (χ2v) is 4.77. The molecule has 2 aliphatic heterocycles. The number of benzene rings is 1. The summed E-state index contributed by atoms with van der Waals surface area (Å²) in [6, 6.07) is 6.83. The number of rotatable bonds is 3. The van der Waals surface area contributed by atoms with E-state index in [1.54, 1.807) is 24.3 Å². The van der Waals surface area contributed by atoms with Crippen LogP contribution in [-0.4, -0.2) is 18.2 Å². The van der Waals surface area contributed by atoms with Crippen molar-refractivity contribution in [3.63, 3.8) is 0 Å². The summed E-state index contributed by atoms with van der Waals surface area (Å²) in [6.45, 7) is 0. The van der Waals surface area contributed by atoms with E-state index in [4.69, 9.17) is 15.2 Å². The molecule has 4 heteroatoms. The molecule has 1 aromatic rings. The lowest BCUT2D eigenvalue weighted by Gasteiger charge is -2.14. The zero-order valence-electron chi connectivity index (χ0n) is 9.91. The van der Waals surface area contributed by atoms with Crippen LogP contribution in [0.5, 0.6) is 5.75 Å². The molecule has 2 aliphatic rings. The first-order valence-electron chi connectivity index (χ1n) is 6.11. The second-order valence-electron chi connectivity index (χ2n) is 4.77. The molecule has 2 heterocycles. The predicted molar refractivity (Wildman–Crippen MR) is 67.0 cm³/mol. The molecule has 0 aliphatic carbocycles. The van der Waals surface area contributed by atoms with Gasteiger partial charge in [0.2, 0.25) is 0 Å². The van der Waals surface area contributed by atoms with Gasteiger partial charge in [-0.1, -0.05) is 12.2 Å². The van der Waals surface area contributed by atoms with Gasteiger partial charge in [0.15, 0.2) is 0 Å². The molecule has 3 rings (SSSR count). The lowest BCUT2D eigenvalue weighted by molar-refractivity contribution is -0.135. The average molecular weight is 245 g/mol. The van der Waals surface area contributed by atoms with Gasteiger partial charge in [-0.2, -0.15) is 0 Å². The highest BCUT2D eigenvalue weighted by Crippen LogP contribution is 2.35. The number of hydrogen-bond acceptors (Lipinski definition) is 4. The SMILES string of the molecule is Nc1ccc(OC(=O)CC2CC3C=CC2O3)cc1. The maximum absolute atomic E-state index is 11.8. The third-order valence-corrected chi connectivity index (χ3v) is 3.39. The third kappa shape index (κ3) is 2.24. The molecule has 4 nitrogen and oxygen atoms in total. The van der Waals surface area contributed by atoms with Crippen LogP contribution in [0.25, 0.3) is 0 Å². The molecule has 18 heavy (non-hydrogen) atoms. The Labute approximate surface area is 105 Å². The molecule has 3 unspecified atom stereocenters. The molecule has 94 valence electrons. The Bertz CT molecular complexity index is 480. The molecule has 1 saturated heterocycles. The minimum absolute atomic E-state index is 0.0916. The molecule has 0 amide bonds. The summed E-state index contributed by atoms with van der Waals surface area (Å²) < 4.78 is 10.9. The Morgan fingerprint density at radius 2 is 2.11 bits per heavy atom. The number of nitrogen functional groups attached to an aromatic ring is 1. The van der Waals surface area contributed by atoms with Crippen molar-refractivity contribution in [2.24, 2.45) is 5.92 Å². The van der Waals surface area contributed by atoms with Crippen molar-refractivity contribution in [3.05, 3.63) is 36.4 Å². The van der Waals surface area contributed by atoms with Gasteiger partial charge >= 0.3 is 5.97 Å². The van der Waals surface area contributed by atoms with Crippen molar-refractivity contribution < 1.29 is 14.3 Å². The van der Waals surface area contributed by atoms with Gasteiger partial charge in [0.1, 0.15) is 5.75 Å². The Balaban J connectivity index is 1.56. The molecular weight excluding hydrogens is 230 g/mol. The summed E-state index contributed by atoms with van der Waals surface area (Å²) in [5.41, 5.74) is 6.22. The second kappa shape index (κ2) is 4.46. The average Bonchev–Trinajstić information content (AvgIpc) is 2.94. The zero-order chi connectivity index (χ0) is 12.5. The summed E-state index contributed by atoms with van der Waals surface area (Å²) in [6.07, 6.45) is 5.70. The fraction of sp³-hybridized carbons (Fsp3) is 0.357. The van der Waals surface area contributed by atoms with Crippen molar-refractivity contribution in [2.45, 2.75) is 25.0 Å². The Morgan fingerprint density at radius 1 is 1.33 bits per heavy atom. The quantitative estimate of drug-likeness (QED) is 0.382. The minimum atomic E-state index is -0.214. The van der Waals surface area contributed by atoms with Crippen molar-refractivity contribution in [3.8, 4) is 5.75 Å². The van der Waals surface area contributed by atoms with Crippen LogP contribution in [0.4, 0.5) is 5.69 Å². The van der Waals surface area contributed by atoms with E-state index < -0.39 is 0 Å². The van der Waals surface area contributed by atoms with Gasteiger partial charge in [-0.05, 0) is 30.7 Å². The standard InChI is InChI=1S/C14H15NO3/c15-10-1-3-11(4-2-10)18-14(16)8-9-7-12-5-6-13(9)17-12/h1-6,9,12-13H,7-8,15H2. The van der Waals surface area contributed by atoms with E-state index in [-0.39, 0.29) is 24.1 Å². The number of fused-ring (bicyclic) bond motifs is 2. The van der Waals surface area contributed by atoms with E-state index in [0.717, 1.165) is 6.42 Å². The molecular formula is C14H15NO3. The molecule has 1 fully saturated rings. The summed E-state index contributed by atoms with van der Waals surface area (Å²) in [5, 5.41) is 0. The van der Waals surface area contributed by atoms with Crippen molar-refractivity contribution in [1.82, 2.24) is 0 Å². The molecule has 3 atom stereocenters. The number of carbonyl (C=O) groups excluding carboxylic acids is 1. The number of carbonyl (C=O) groups is 1. The topological polar surface area (TPSA) is 61.5 Å². The minimum Gasteiger partial charge on any atom is -0.427 e. The van der Waals surface area contributed by atoms with Gasteiger partial charge in [-0.3, -0.25) is 4.79 Å². The first kappa shape index (κ1) is 11.3. The van der Waals surface area contributed by atoms with Crippen molar-refractivity contribution >= 4 is 11.7 Å². The molecule has 0 spiro atoms. The molecule has 0 saturated carbocycles. The first-order chi connectivity index (χ1) is 8.70. The molecule has 2 N–H and O–H groups in total. The summed E-state index contributed by atoms with van der Waals surface area (Å²) in [4.78, 5) is 11.8. The lowest BCUT2D eigenvalue weighted by atomic mass is 9.91. The number of esters is 1. The zero-order valence-corrected chi connectivity index (χ0v) is 9.91. The smallest absolute Gasteiger partial charge is 0.311 e. The van der Waals surface area contributed by atoms with Crippen molar-refractivity contribution in [2.75, 3.05) is 5.73 Å². The van der Waals surface area contributed by atoms with Crippen LogP contribution in [0.15, 0.2) is 36.4 Å². The molecule has 2 bridgehead atoms. The van der Waals surface area contributed by atoms with Crippen LogP contribution in [0, 0.1) is 5.92 Å². The van der Waals surface area contributed by atoms with Gasteiger partial charge in [0.25, 0.3) is 0 Å². The van der Waals surface area contributed by atoms with Gasteiger partial charge in [-0.15, -0.1) is 0 Å². The van der Waals surface area contributed by atoms with E-state index in [0.29, 0.717) is 17.9 Å². The fourth-order valence-electron chi connectivity index (χ4n) is 2.48. The van der Waals surface area contributed by atoms with E-state index >= 15 is 0 Å². The Kier molecular flexibility index (Phi) is 2.80. The summed E-state index contributed by atoms with van der Waals surface area (Å²) in [7, 11) is 0. The van der Waals surface area contributed by atoms with Crippen LogP contribution < -0.4 is 10.5 Å². The number of hydrogen-bond donors (Lipinski definition) is 1. The Morgan fingerprint density at radius 3 is 2.72 bits per heavy atom. The van der Waals surface area contributed by atoms with Crippen LogP contribution >= 0.6 is 0 Å². The van der Waals surface area contributed by atoms with E-state index in [1.165, 1.54) is 0 Å². The maximum atomic E-state index is 11.8. The van der Waals surface area contributed by atoms with E-state index in [2.05, 4.69) is 6.08 Å². The largest absolute Gasteiger partial charge is 0.427 e. The van der Waals surface area contributed by atoms with Crippen LogP contribution in [-0.2, 0) is 9.53 Å². The van der Waals surface area contributed by atoms with E-state index in [9.17, 15) is 4.79 Å². The molecule has 1 aromatic carbocycles. The fourth-order valence-corrected chi connectivity index (χ4v) is 2.48. The monoisotopic (exact) mass is 245 g/mol. The van der Waals surface area contributed by atoms with E-state index in [1.807, 2.05) is 6.08 Å². The van der Waals surface area contributed by atoms with Gasteiger partial charge in [0, 0.05) is 11.6 Å². The van der Waals surface area contributed by atoms with Gasteiger partial charge < -0.3 is 15.2 Å². The van der Waals surface area contributed by atoms with Gasteiger partial charge in [-0.25, -0.2) is 0 Å². The van der Waals surface area contributed by atoms with Crippen LogP contribution in [0.3, 0.4) is 0 Å². The Hall–Kier alpha value is -1.81. The number of nitrogens with two attached hydrogens (primary N) is 1. The molecule has 0 aromatic heterocycles. The predicted octanol–water partition coefficient (Wildman–Crippen LogP) is 1.91. The maximum Gasteiger partial charge on any atom is 0.311 e. The molecule has 0 radical (unpaired) electrons. The van der Waals surface area contributed by atoms with Crippen molar-refractivity contribution in [1.29, 1.82) is 0 Å². The first-order valence-corrected chi connectivity index (χ1v) is 6.11. The summed E-state index contributed by atoms with van der Waals surface area (Å²) >= 11 is 0. The number of ether oxygens (including phenoxy) is 2. The highest BCUT2D eigenvalue weighted by atomic mass is 16.5. The summed E-state index contributed by atoms with van der Waals surface area (Å²) in [5.74, 6) is 0.574. The normalized spacial score (nSPS) is 28.6. The van der Waals surface area contributed by atoms with Crippen LogP contribution in [0.2, 0.25) is 0 Å². The van der Waals surface area contributed by atoms with Gasteiger partial charge in [0.05, 0.1) is 18.6 Å². The highest BCUT2D eigenvalue weighted by Gasteiger charge is 2.38.